The van der Waals surface area contributed by atoms with Crippen molar-refractivity contribution in [2.45, 2.75) is 12.3 Å². The molecule has 106 valence electrons. The van der Waals surface area contributed by atoms with E-state index in [2.05, 4.69) is 6.07 Å². The van der Waals surface area contributed by atoms with Crippen molar-refractivity contribution >= 4 is 23.2 Å². The lowest BCUT2D eigenvalue weighted by Crippen LogP contribution is -2.15. The molecule has 0 aliphatic carbocycles. The van der Waals surface area contributed by atoms with E-state index in [9.17, 15) is 0 Å². The fourth-order valence-electron chi connectivity index (χ4n) is 2.19. The van der Waals surface area contributed by atoms with E-state index in [1.807, 2.05) is 30.3 Å². The highest BCUT2D eigenvalue weighted by molar-refractivity contribution is 6.35. The van der Waals surface area contributed by atoms with Crippen LogP contribution in [0.4, 0.5) is 0 Å². The molecule has 0 fully saturated rings. The average Bonchev–Trinajstić information content (AvgIpc) is 2.46. The van der Waals surface area contributed by atoms with Gasteiger partial charge in [-0.3, -0.25) is 0 Å². The average molecular weight is 310 g/mol. The lowest BCUT2D eigenvalue weighted by atomic mass is 9.92. The molecule has 0 heterocycles. The second-order valence-electron chi connectivity index (χ2n) is 4.65. The predicted octanol–water partition coefficient (Wildman–Crippen LogP) is 4.29. The van der Waals surface area contributed by atoms with Gasteiger partial charge in [0, 0.05) is 16.0 Å². The molecule has 20 heavy (non-hydrogen) atoms. The molecule has 0 bridgehead atoms. The Hall–Kier alpha value is -1.22. The number of hydrogen-bond acceptors (Lipinski definition) is 2. The van der Waals surface area contributed by atoms with Gasteiger partial charge in [-0.15, -0.1) is 0 Å². The summed E-state index contributed by atoms with van der Waals surface area (Å²) in [5.41, 5.74) is 8.12. The lowest BCUT2D eigenvalue weighted by molar-refractivity contribution is 0.413. The number of hydrogen-bond donors (Lipinski definition) is 1. The minimum Gasteiger partial charge on any atom is -0.497 e. The monoisotopic (exact) mass is 309 g/mol. The van der Waals surface area contributed by atoms with Gasteiger partial charge in [-0.2, -0.15) is 0 Å². The van der Waals surface area contributed by atoms with Crippen LogP contribution >= 0.6 is 23.2 Å². The number of ether oxygens (including phenoxy) is 1. The Morgan fingerprint density at radius 2 is 1.95 bits per heavy atom. The van der Waals surface area contributed by atoms with Gasteiger partial charge in [0.2, 0.25) is 0 Å². The molecule has 2 rings (SSSR count). The molecule has 0 saturated carbocycles. The largest absolute Gasteiger partial charge is 0.497 e. The standard InChI is InChI=1S/C16H17Cl2NO/c1-20-15-4-2-3-11(8-15)13(10-19)7-12-5-6-14(17)9-16(12)18/h2-6,8-9,13H,7,10,19H2,1H3. The highest BCUT2D eigenvalue weighted by atomic mass is 35.5. The quantitative estimate of drug-likeness (QED) is 0.894. The van der Waals surface area contributed by atoms with Gasteiger partial charge in [-0.1, -0.05) is 41.4 Å². The van der Waals surface area contributed by atoms with Crippen molar-refractivity contribution in [1.29, 1.82) is 0 Å². The highest BCUT2D eigenvalue weighted by Crippen LogP contribution is 2.28. The summed E-state index contributed by atoms with van der Waals surface area (Å²) < 4.78 is 5.25. The zero-order valence-corrected chi connectivity index (χ0v) is 12.8. The smallest absolute Gasteiger partial charge is 0.119 e. The highest BCUT2D eigenvalue weighted by Gasteiger charge is 2.13. The summed E-state index contributed by atoms with van der Waals surface area (Å²) in [6, 6.07) is 13.5. The molecule has 2 aromatic rings. The Morgan fingerprint density at radius 3 is 2.60 bits per heavy atom. The van der Waals surface area contributed by atoms with Crippen LogP contribution in [0, 0.1) is 0 Å². The molecule has 4 heteroatoms. The first-order chi connectivity index (χ1) is 9.63. The van der Waals surface area contributed by atoms with Crippen molar-refractivity contribution in [3.63, 3.8) is 0 Å². The van der Waals surface area contributed by atoms with E-state index in [0.29, 0.717) is 16.6 Å². The van der Waals surface area contributed by atoms with Crippen LogP contribution in [0.15, 0.2) is 42.5 Å². The Morgan fingerprint density at radius 1 is 1.15 bits per heavy atom. The van der Waals surface area contributed by atoms with Gasteiger partial charge in [0.15, 0.2) is 0 Å². The van der Waals surface area contributed by atoms with Gasteiger partial charge < -0.3 is 10.5 Å². The van der Waals surface area contributed by atoms with Crippen molar-refractivity contribution < 1.29 is 4.74 Å². The Labute approximate surface area is 129 Å². The van der Waals surface area contributed by atoms with E-state index in [1.165, 1.54) is 0 Å². The summed E-state index contributed by atoms with van der Waals surface area (Å²) in [6.45, 7) is 0.548. The van der Waals surface area contributed by atoms with E-state index >= 15 is 0 Å². The van der Waals surface area contributed by atoms with Gasteiger partial charge in [0.25, 0.3) is 0 Å². The summed E-state index contributed by atoms with van der Waals surface area (Å²) in [4.78, 5) is 0. The molecule has 0 aliphatic rings. The third-order valence-corrected chi connectivity index (χ3v) is 3.92. The maximum absolute atomic E-state index is 6.23. The summed E-state index contributed by atoms with van der Waals surface area (Å²) in [7, 11) is 1.66. The number of halogens is 2. The second-order valence-corrected chi connectivity index (χ2v) is 5.49. The number of benzene rings is 2. The summed E-state index contributed by atoms with van der Waals surface area (Å²) >= 11 is 12.1. The van der Waals surface area contributed by atoms with Crippen LogP contribution in [0.3, 0.4) is 0 Å². The molecular weight excluding hydrogens is 293 g/mol. The van der Waals surface area contributed by atoms with E-state index in [1.54, 1.807) is 13.2 Å². The summed E-state index contributed by atoms with van der Waals surface area (Å²) in [6.07, 6.45) is 0.777. The van der Waals surface area contributed by atoms with Crippen molar-refractivity contribution in [2.24, 2.45) is 5.73 Å². The van der Waals surface area contributed by atoms with Gasteiger partial charge in [-0.25, -0.2) is 0 Å². The first-order valence-electron chi connectivity index (χ1n) is 6.42. The third kappa shape index (κ3) is 3.66. The van der Waals surface area contributed by atoms with Crippen molar-refractivity contribution in [1.82, 2.24) is 0 Å². The van der Waals surface area contributed by atoms with E-state index in [4.69, 9.17) is 33.7 Å². The summed E-state index contributed by atoms with van der Waals surface area (Å²) in [5, 5.41) is 1.32. The molecule has 0 saturated heterocycles. The Kier molecular flexibility index (Phi) is 5.30. The maximum atomic E-state index is 6.23. The van der Waals surface area contributed by atoms with Crippen molar-refractivity contribution in [3.05, 3.63) is 63.6 Å². The molecule has 0 spiro atoms. The SMILES string of the molecule is COc1cccc(C(CN)Cc2ccc(Cl)cc2Cl)c1. The molecule has 0 radical (unpaired) electrons. The molecule has 1 atom stereocenters. The minimum atomic E-state index is 0.198. The van der Waals surface area contributed by atoms with Gasteiger partial charge in [0.05, 0.1) is 7.11 Å². The molecule has 0 amide bonds. The summed E-state index contributed by atoms with van der Waals surface area (Å²) in [5.74, 6) is 1.03. The van der Waals surface area contributed by atoms with Crippen LogP contribution in [0.5, 0.6) is 5.75 Å². The van der Waals surface area contributed by atoms with Crippen LogP contribution in [-0.4, -0.2) is 13.7 Å². The van der Waals surface area contributed by atoms with Crippen molar-refractivity contribution in [2.75, 3.05) is 13.7 Å². The topological polar surface area (TPSA) is 35.2 Å². The predicted molar refractivity (Wildman–Crippen MR) is 85.0 cm³/mol. The van der Waals surface area contributed by atoms with Crippen LogP contribution in [0.25, 0.3) is 0 Å². The van der Waals surface area contributed by atoms with Gasteiger partial charge >= 0.3 is 0 Å². The molecule has 1 unspecified atom stereocenters. The molecule has 2 nitrogen and oxygen atoms in total. The molecule has 2 aromatic carbocycles. The first kappa shape index (κ1) is 15.2. The second kappa shape index (κ2) is 6.98. The Balaban J connectivity index is 2.23. The third-order valence-electron chi connectivity index (χ3n) is 3.33. The zero-order valence-electron chi connectivity index (χ0n) is 11.3. The lowest BCUT2D eigenvalue weighted by Gasteiger charge is -2.17. The van der Waals surface area contributed by atoms with E-state index in [-0.39, 0.29) is 5.92 Å². The van der Waals surface area contributed by atoms with Crippen molar-refractivity contribution in [3.8, 4) is 5.75 Å². The molecular formula is C16H17Cl2NO. The number of methoxy groups -OCH3 is 1. The zero-order chi connectivity index (χ0) is 14.5. The molecule has 0 aromatic heterocycles. The normalized spacial score (nSPS) is 12.2. The van der Waals surface area contributed by atoms with E-state index in [0.717, 1.165) is 23.3 Å². The number of nitrogens with two attached hydrogens (primary N) is 1. The Bertz CT molecular complexity index is 586. The first-order valence-corrected chi connectivity index (χ1v) is 7.17. The van der Waals surface area contributed by atoms with E-state index < -0.39 is 0 Å². The van der Waals surface area contributed by atoms with Gasteiger partial charge in [0.1, 0.15) is 5.75 Å². The van der Waals surface area contributed by atoms with Crippen LogP contribution in [-0.2, 0) is 6.42 Å². The molecule has 2 N–H and O–H groups in total. The van der Waals surface area contributed by atoms with Crippen LogP contribution in [0.1, 0.15) is 17.0 Å². The van der Waals surface area contributed by atoms with Gasteiger partial charge in [-0.05, 0) is 48.4 Å². The van der Waals surface area contributed by atoms with Crippen LogP contribution < -0.4 is 10.5 Å². The fraction of sp³-hybridized carbons (Fsp3) is 0.250. The minimum absolute atomic E-state index is 0.198. The molecule has 0 aliphatic heterocycles. The van der Waals surface area contributed by atoms with Crippen LogP contribution in [0.2, 0.25) is 10.0 Å². The fourth-order valence-corrected chi connectivity index (χ4v) is 2.67. The maximum Gasteiger partial charge on any atom is 0.119 e. The number of rotatable bonds is 5.